The van der Waals surface area contributed by atoms with Gasteiger partial charge in [0.1, 0.15) is 5.75 Å². The predicted molar refractivity (Wildman–Crippen MR) is 80.6 cm³/mol. The van der Waals surface area contributed by atoms with Crippen LogP contribution in [0.5, 0.6) is 5.75 Å². The van der Waals surface area contributed by atoms with Gasteiger partial charge in [-0.2, -0.15) is 0 Å². The van der Waals surface area contributed by atoms with E-state index in [1.807, 2.05) is 0 Å². The highest BCUT2D eigenvalue weighted by atomic mass is 16.5. The third-order valence-corrected chi connectivity index (χ3v) is 4.11. The summed E-state index contributed by atoms with van der Waals surface area (Å²) in [7, 11) is 0. The molecular weight excluding hydrogens is 234 g/mol. The summed E-state index contributed by atoms with van der Waals surface area (Å²) in [4.78, 5) is 0. The number of ether oxygens (including phenoxy) is 1. The van der Waals surface area contributed by atoms with Crippen molar-refractivity contribution in [1.82, 2.24) is 5.32 Å². The minimum absolute atomic E-state index is 0.377. The van der Waals surface area contributed by atoms with Gasteiger partial charge in [-0.15, -0.1) is 0 Å². The van der Waals surface area contributed by atoms with Crippen molar-refractivity contribution in [2.75, 3.05) is 0 Å². The molecule has 19 heavy (non-hydrogen) atoms. The Morgan fingerprint density at radius 3 is 2.68 bits per heavy atom. The summed E-state index contributed by atoms with van der Waals surface area (Å²) < 4.78 is 6.07. The summed E-state index contributed by atoms with van der Waals surface area (Å²) >= 11 is 0. The molecule has 2 heteroatoms. The molecule has 1 N–H and O–H groups in total. The lowest BCUT2D eigenvalue weighted by atomic mass is 10.1. The number of hydrogen-bond donors (Lipinski definition) is 1. The van der Waals surface area contributed by atoms with Crippen molar-refractivity contribution in [3.05, 3.63) is 29.8 Å². The number of nitrogens with one attached hydrogen (secondary N) is 1. The molecule has 106 valence electrons. The quantitative estimate of drug-likeness (QED) is 0.816. The molecule has 2 rings (SSSR count). The molecule has 0 amide bonds. The first-order valence-corrected chi connectivity index (χ1v) is 7.71. The van der Waals surface area contributed by atoms with E-state index in [0.717, 1.165) is 12.2 Å². The summed E-state index contributed by atoms with van der Waals surface area (Å²) in [5.41, 5.74) is 1.32. The number of benzene rings is 1. The third kappa shape index (κ3) is 4.24. The van der Waals surface area contributed by atoms with Gasteiger partial charge in [0.25, 0.3) is 0 Å². The smallest absolute Gasteiger partial charge is 0.120 e. The van der Waals surface area contributed by atoms with E-state index in [-0.39, 0.29) is 0 Å². The summed E-state index contributed by atoms with van der Waals surface area (Å²) in [5.74, 6) is 1.03. The Hall–Kier alpha value is -1.02. The standard InChI is InChI=1S/C17H27NO/c1-4-13(2)18-14(3)15-8-7-11-17(12-15)19-16-9-5-6-10-16/h7-8,11-14,16,18H,4-6,9-10H2,1-3H3/t13-,14+/m1/s1. The fourth-order valence-corrected chi connectivity index (χ4v) is 2.70. The molecule has 0 saturated heterocycles. The average Bonchev–Trinajstić information content (AvgIpc) is 2.91. The van der Waals surface area contributed by atoms with Crippen LogP contribution in [0.2, 0.25) is 0 Å². The molecule has 1 aromatic rings. The van der Waals surface area contributed by atoms with Gasteiger partial charge in [-0.05, 0) is 63.6 Å². The molecule has 0 unspecified atom stereocenters. The molecule has 0 bridgehead atoms. The Bertz CT molecular complexity index is 385. The topological polar surface area (TPSA) is 21.3 Å². The van der Waals surface area contributed by atoms with Gasteiger partial charge in [-0.1, -0.05) is 19.1 Å². The zero-order valence-electron chi connectivity index (χ0n) is 12.5. The van der Waals surface area contributed by atoms with Gasteiger partial charge in [0, 0.05) is 12.1 Å². The highest BCUT2D eigenvalue weighted by Crippen LogP contribution is 2.26. The molecule has 0 spiro atoms. The molecular formula is C17H27NO. The van der Waals surface area contributed by atoms with Crippen molar-refractivity contribution in [3.63, 3.8) is 0 Å². The first-order chi connectivity index (χ1) is 9.19. The second-order valence-corrected chi connectivity index (χ2v) is 5.79. The largest absolute Gasteiger partial charge is 0.490 e. The Kier molecular flexibility index (Phi) is 5.26. The summed E-state index contributed by atoms with van der Waals surface area (Å²) in [5, 5.41) is 3.61. The molecule has 1 aromatic carbocycles. The van der Waals surface area contributed by atoms with E-state index in [9.17, 15) is 0 Å². The second kappa shape index (κ2) is 6.95. The first-order valence-electron chi connectivity index (χ1n) is 7.71. The van der Waals surface area contributed by atoms with Crippen LogP contribution in [-0.2, 0) is 0 Å². The maximum atomic E-state index is 6.07. The van der Waals surface area contributed by atoms with Crippen LogP contribution in [0.25, 0.3) is 0 Å². The van der Waals surface area contributed by atoms with Crippen molar-refractivity contribution in [3.8, 4) is 5.75 Å². The van der Waals surface area contributed by atoms with Crippen LogP contribution >= 0.6 is 0 Å². The Labute approximate surface area is 117 Å². The maximum Gasteiger partial charge on any atom is 0.120 e. The second-order valence-electron chi connectivity index (χ2n) is 5.79. The summed E-state index contributed by atoms with van der Waals surface area (Å²) in [6.07, 6.45) is 6.65. The highest BCUT2D eigenvalue weighted by molar-refractivity contribution is 5.30. The highest BCUT2D eigenvalue weighted by Gasteiger charge is 2.17. The van der Waals surface area contributed by atoms with Gasteiger partial charge in [0.05, 0.1) is 6.10 Å². The molecule has 2 nitrogen and oxygen atoms in total. The third-order valence-electron chi connectivity index (χ3n) is 4.11. The zero-order valence-corrected chi connectivity index (χ0v) is 12.5. The number of rotatable bonds is 6. The van der Waals surface area contributed by atoms with Gasteiger partial charge >= 0.3 is 0 Å². The lowest BCUT2D eigenvalue weighted by Crippen LogP contribution is -2.28. The monoisotopic (exact) mass is 261 g/mol. The van der Waals surface area contributed by atoms with Crippen molar-refractivity contribution in [2.24, 2.45) is 0 Å². The van der Waals surface area contributed by atoms with Crippen LogP contribution in [0.4, 0.5) is 0 Å². The van der Waals surface area contributed by atoms with Gasteiger partial charge in [0.2, 0.25) is 0 Å². The summed E-state index contributed by atoms with van der Waals surface area (Å²) in [6.45, 7) is 6.67. The van der Waals surface area contributed by atoms with E-state index < -0.39 is 0 Å². The van der Waals surface area contributed by atoms with E-state index in [1.165, 1.54) is 31.2 Å². The van der Waals surface area contributed by atoms with E-state index in [0.29, 0.717) is 18.2 Å². The molecule has 1 aliphatic rings. The molecule has 1 saturated carbocycles. The van der Waals surface area contributed by atoms with Crippen LogP contribution in [-0.4, -0.2) is 12.1 Å². The Morgan fingerprint density at radius 2 is 2.00 bits per heavy atom. The maximum absolute atomic E-state index is 6.07. The molecule has 0 aromatic heterocycles. The van der Waals surface area contributed by atoms with Crippen molar-refractivity contribution >= 4 is 0 Å². The Morgan fingerprint density at radius 1 is 1.26 bits per heavy atom. The van der Waals surface area contributed by atoms with Gasteiger partial charge in [-0.3, -0.25) is 0 Å². The van der Waals surface area contributed by atoms with Crippen LogP contribution in [0.1, 0.15) is 64.5 Å². The van der Waals surface area contributed by atoms with Crippen LogP contribution in [0.15, 0.2) is 24.3 Å². The van der Waals surface area contributed by atoms with Crippen LogP contribution in [0.3, 0.4) is 0 Å². The van der Waals surface area contributed by atoms with Crippen molar-refractivity contribution in [1.29, 1.82) is 0 Å². The van der Waals surface area contributed by atoms with Crippen LogP contribution < -0.4 is 10.1 Å². The lowest BCUT2D eigenvalue weighted by Gasteiger charge is -2.20. The zero-order chi connectivity index (χ0) is 13.7. The van der Waals surface area contributed by atoms with E-state index >= 15 is 0 Å². The van der Waals surface area contributed by atoms with E-state index in [2.05, 4.69) is 50.4 Å². The predicted octanol–water partition coefficient (Wildman–Crippen LogP) is 4.46. The van der Waals surface area contributed by atoms with Gasteiger partial charge in [-0.25, -0.2) is 0 Å². The minimum Gasteiger partial charge on any atom is -0.490 e. The molecule has 2 atom stereocenters. The molecule has 0 radical (unpaired) electrons. The first kappa shape index (κ1) is 14.4. The SMILES string of the molecule is CC[C@@H](C)N[C@@H](C)c1cccc(OC2CCCC2)c1. The van der Waals surface area contributed by atoms with E-state index in [4.69, 9.17) is 4.74 Å². The van der Waals surface area contributed by atoms with Crippen molar-refractivity contribution < 1.29 is 4.74 Å². The van der Waals surface area contributed by atoms with E-state index in [1.54, 1.807) is 0 Å². The minimum atomic E-state index is 0.377. The normalized spacial score (nSPS) is 19.3. The van der Waals surface area contributed by atoms with Gasteiger partial charge in [0.15, 0.2) is 0 Å². The molecule has 0 aliphatic heterocycles. The fraction of sp³-hybridized carbons (Fsp3) is 0.647. The average molecular weight is 261 g/mol. The summed E-state index contributed by atoms with van der Waals surface area (Å²) in [6, 6.07) is 9.49. The molecule has 1 aliphatic carbocycles. The van der Waals surface area contributed by atoms with Crippen LogP contribution in [0, 0.1) is 0 Å². The molecule has 1 fully saturated rings. The fourth-order valence-electron chi connectivity index (χ4n) is 2.70. The van der Waals surface area contributed by atoms with Crippen molar-refractivity contribution in [2.45, 2.75) is 71.1 Å². The lowest BCUT2D eigenvalue weighted by molar-refractivity contribution is 0.209. The molecule has 0 heterocycles. The van der Waals surface area contributed by atoms with Gasteiger partial charge < -0.3 is 10.1 Å². The Balaban J connectivity index is 1.97. The number of hydrogen-bond acceptors (Lipinski definition) is 2.